The Kier molecular flexibility index (Phi) is 4.87. The van der Waals surface area contributed by atoms with Gasteiger partial charge in [-0.25, -0.2) is 0 Å². The molecule has 9 heteroatoms. The van der Waals surface area contributed by atoms with Crippen molar-refractivity contribution in [1.82, 2.24) is 4.90 Å². The minimum atomic E-state index is -2.62. The van der Waals surface area contributed by atoms with E-state index in [-0.39, 0.29) is 28.9 Å². The van der Waals surface area contributed by atoms with Crippen molar-refractivity contribution in [3.05, 3.63) is 57.6 Å². The molecule has 2 unspecified atom stereocenters. The molecule has 0 aromatic heterocycles. The number of amides is 1. The van der Waals surface area contributed by atoms with Crippen molar-refractivity contribution in [3.63, 3.8) is 0 Å². The van der Waals surface area contributed by atoms with E-state index in [1.54, 1.807) is 26.2 Å². The van der Waals surface area contributed by atoms with Crippen LogP contribution < -0.4 is 5.73 Å². The van der Waals surface area contributed by atoms with Crippen LogP contribution in [0.3, 0.4) is 0 Å². The van der Waals surface area contributed by atoms with Gasteiger partial charge in [-0.05, 0) is 45.3 Å². The number of carbonyl (C=O) groups excluding carboxylic acids is 4. The predicted octanol–water partition coefficient (Wildman–Crippen LogP) is 0.618. The molecular weight excluding hydrogens is 416 g/mol. The van der Waals surface area contributed by atoms with Gasteiger partial charge >= 0.3 is 0 Å². The van der Waals surface area contributed by atoms with Crippen LogP contribution in [0.25, 0.3) is 0 Å². The lowest BCUT2D eigenvalue weighted by Crippen LogP contribution is -2.63. The summed E-state index contributed by atoms with van der Waals surface area (Å²) >= 11 is 0. The number of allylic oxidation sites excluding steroid dienone is 1. The zero-order valence-corrected chi connectivity index (χ0v) is 17.9. The Morgan fingerprint density at radius 2 is 1.84 bits per heavy atom. The highest BCUT2D eigenvalue weighted by Crippen LogP contribution is 2.51. The number of nitrogens with zero attached hydrogens (tertiary/aromatic N) is 1. The van der Waals surface area contributed by atoms with E-state index in [4.69, 9.17) is 5.73 Å². The number of rotatable bonds is 3. The maximum atomic E-state index is 13.4. The third kappa shape index (κ3) is 2.71. The SMILES string of the molecule is CC(=O)c1cccc2c1C(=O)C1=C(O)[C@]3(O)C(=O)C(C(N)=O)=C(O)[C@@H](N(C)C)C3CC1C2. The van der Waals surface area contributed by atoms with E-state index in [1.807, 2.05) is 0 Å². The first kappa shape index (κ1) is 21.9. The fourth-order valence-electron chi connectivity index (χ4n) is 5.50. The summed E-state index contributed by atoms with van der Waals surface area (Å²) in [6, 6.07) is 3.92. The van der Waals surface area contributed by atoms with Crippen LogP contribution in [0.5, 0.6) is 0 Å². The highest BCUT2D eigenvalue weighted by molar-refractivity contribution is 6.25. The second-order valence-electron chi connectivity index (χ2n) is 8.86. The molecule has 5 N–H and O–H groups in total. The minimum absolute atomic E-state index is 0.0794. The normalized spacial score (nSPS) is 29.6. The number of aliphatic hydroxyl groups excluding tert-OH is 2. The lowest BCUT2D eigenvalue weighted by molar-refractivity contribution is -0.148. The molecule has 1 aromatic carbocycles. The highest BCUT2D eigenvalue weighted by Gasteiger charge is 2.63. The van der Waals surface area contributed by atoms with E-state index in [9.17, 15) is 34.5 Å². The minimum Gasteiger partial charge on any atom is -0.510 e. The van der Waals surface area contributed by atoms with Gasteiger partial charge in [-0.1, -0.05) is 18.2 Å². The van der Waals surface area contributed by atoms with Gasteiger partial charge in [0.05, 0.1) is 6.04 Å². The second kappa shape index (κ2) is 7.11. The molecule has 32 heavy (non-hydrogen) atoms. The Balaban J connectivity index is 1.97. The van der Waals surface area contributed by atoms with Gasteiger partial charge in [0.25, 0.3) is 5.91 Å². The van der Waals surface area contributed by atoms with Crippen LogP contribution in [0.1, 0.15) is 39.6 Å². The first-order valence-corrected chi connectivity index (χ1v) is 10.2. The number of fused-ring (bicyclic) bond motifs is 3. The van der Waals surface area contributed by atoms with Crippen molar-refractivity contribution in [2.45, 2.75) is 31.4 Å². The topological polar surface area (TPSA) is 158 Å². The summed E-state index contributed by atoms with van der Waals surface area (Å²) in [4.78, 5) is 52.2. The Bertz CT molecular complexity index is 1160. The molecule has 0 saturated heterocycles. The highest BCUT2D eigenvalue weighted by atomic mass is 16.3. The van der Waals surface area contributed by atoms with E-state index >= 15 is 0 Å². The largest absolute Gasteiger partial charge is 0.510 e. The number of Topliss-reactive ketones (excluding diaryl/α,β-unsaturated/α-hetero) is 3. The molecule has 0 spiro atoms. The van der Waals surface area contributed by atoms with Crippen molar-refractivity contribution < 1.29 is 34.5 Å². The molecule has 0 aliphatic heterocycles. The predicted molar refractivity (Wildman–Crippen MR) is 112 cm³/mol. The standard InChI is InChI=1S/C23H24N2O7/c1-9(26)12-6-4-5-10-7-11-8-13-17(25(2)3)19(28)16(22(24)31)21(30)23(13,32)20(29)15(11)18(27)14(10)12/h4-6,11,13,17,28-29,32H,7-8H2,1-3H3,(H2,24,31)/t11?,13?,17-,23-/m0/s1. The van der Waals surface area contributed by atoms with Crippen LogP contribution in [-0.4, -0.2) is 69.2 Å². The number of hydrogen-bond donors (Lipinski definition) is 4. The molecule has 9 nitrogen and oxygen atoms in total. The van der Waals surface area contributed by atoms with Gasteiger partial charge in [0.15, 0.2) is 17.2 Å². The third-order valence-corrected chi connectivity index (χ3v) is 6.86. The molecular formula is C23H24N2O7. The second-order valence-corrected chi connectivity index (χ2v) is 8.86. The van der Waals surface area contributed by atoms with Gasteiger partial charge in [0, 0.05) is 22.6 Å². The number of likely N-dealkylation sites (N-methyl/N-ethyl adjacent to an activating group) is 1. The first-order valence-electron chi connectivity index (χ1n) is 10.2. The van der Waals surface area contributed by atoms with Gasteiger partial charge in [-0.15, -0.1) is 0 Å². The van der Waals surface area contributed by atoms with E-state index < -0.39 is 58.0 Å². The number of ketones is 3. The average molecular weight is 440 g/mol. The summed E-state index contributed by atoms with van der Waals surface area (Å²) < 4.78 is 0. The Morgan fingerprint density at radius 1 is 1.19 bits per heavy atom. The number of aliphatic hydroxyl groups is 3. The molecule has 4 rings (SSSR count). The summed E-state index contributed by atoms with van der Waals surface area (Å²) in [6.07, 6.45) is 0.381. The molecule has 168 valence electrons. The van der Waals surface area contributed by atoms with E-state index in [0.29, 0.717) is 12.0 Å². The molecule has 0 saturated carbocycles. The molecule has 3 aliphatic carbocycles. The molecule has 0 bridgehead atoms. The fraction of sp³-hybridized carbons (Fsp3) is 0.391. The van der Waals surface area contributed by atoms with Crippen molar-refractivity contribution in [1.29, 1.82) is 0 Å². The lowest BCUT2D eigenvalue weighted by atomic mass is 9.58. The Labute approximate surface area is 183 Å². The maximum Gasteiger partial charge on any atom is 0.255 e. The first-order chi connectivity index (χ1) is 14.9. The third-order valence-electron chi connectivity index (χ3n) is 6.86. The van der Waals surface area contributed by atoms with Gasteiger partial charge in [0.2, 0.25) is 5.78 Å². The number of nitrogens with two attached hydrogens (primary N) is 1. The van der Waals surface area contributed by atoms with Crippen LogP contribution in [0.4, 0.5) is 0 Å². The van der Waals surface area contributed by atoms with E-state index in [0.717, 1.165) is 0 Å². The zero-order chi connectivity index (χ0) is 23.7. The lowest BCUT2D eigenvalue weighted by Gasteiger charge is -2.50. The molecule has 4 atom stereocenters. The number of hydrogen-bond acceptors (Lipinski definition) is 8. The van der Waals surface area contributed by atoms with Crippen LogP contribution in [-0.2, 0) is 16.0 Å². The summed E-state index contributed by atoms with van der Waals surface area (Å²) in [5.41, 5.74) is 2.70. The van der Waals surface area contributed by atoms with Crippen molar-refractivity contribution in [2.75, 3.05) is 14.1 Å². The number of primary amides is 1. The fourth-order valence-corrected chi connectivity index (χ4v) is 5.50. The monoisotopic (exact) mass is 440 g/mol. The van der Waals surface area contributed by atoms with Gasteiger partial charge < -0.3 is 21.1 Å². The smallest absolute Gasteiger partial charge is 0.255 e. The summed E-state index contributed by atoms with van der Waals surface area (Å²) in [5.74, 6) is -6.46. The Hall–Kier alpha value is -3.30. The zero-order valence-electron chi connectivity index (χ0n) is 17.9. The number of carbonyl (C=O) groups is 4. The van der Waals surface area contributed by atoms with Gasteiger partial charge in [-0.2, -0.15) is 0 Å². The molecule has 1 aromatic rings. The summed E-state index contributed by atoms with van der Waals surface area (Å²) in [5, 5.41) is 33.4. The molecule has 0 heterocycles. The van der Waals surface area contributed by atoms with Crippen molar-refractivity contribution in [3.8, 4) is 0 Å². The van der Waals surface area contributed by atoms with E-state index in [1.165, 1.54) is 17.9 Å². The van der Waals surface area contributed by atoms with Crippen LogP contribution in [0, 0.1) is 11.8 Å². The molecule has 3 aliphatic rings. The summed E-state index contributed by atoms with van der Waals surface area (Å²) in [7, 11) is 3.18. The van der Waals surface area contributed by atoms with Crippen LogP contribution in [0.2, 0.25) is 0 Å². The van der Waals surface area contributed by atoms with Crippen LogP contribution in [0.15, 0.2) is 40.9 Å². The maximum absolute atomic E-state index is 13.4. The van der Waals surface area contributed by atoms with Crippen LogP contribution >= 0.6 is 0 Å². The van der Waals surface area contributed by atoms with Gasteiger partial charge in [-0.3, -0.25) is 24.1 Å². The number of benzene rings is 1. The van der Waals surface area contributed by atoms with Crippen molar-refractivity contribution in [2.24, 2.45) is 17.6 Å². The Morgan fingerprint density at radius 3 is 2.41 bits per heavy atom. The molecule has 1 amide bonds. The molecule has 0 fully saturated rings. The quantitative estimate of drug-likeness (QED) is 0.393. The van der Waals surface area contributed by atoms with Gasteiger partial charge in [0.1, 0.15) is 17.1 Å². The summed E-state index contributed by atoms with van der Waals surface area (Å²) in [6.45, 7) is 1.33. The van der Waals surface area contributed by atoms with Crippen molar-refractivity contribution >= 4 is 23.3 Å². The average Bonchev–Trinajstić information content (AvgIpc) is 2.69. The van der Waals surface area contributed by atoms with E-state index in [2.05, 4.69) is 0 Å². The molecule has 0 radical (unpaired) electrons.